The third-order valence-corrected chi connectivity index (χ3v) is 5.18. The summed E-state index contributed by atoms with van der Waals surface area (Å²) in [6.07, 6.45) is 2.41. The van der Waals surface area contributed by atoms with Gasteiger partial charge in [-0.3, -0.25) is 9.78 Å². The summed E-state index contributed by atoms with van der Waals surface area (Å²) in [7, 11) is 0. The number of pyridine rings is 1. The average molecular weight is 390 g/mol. The Labute approximate surface area is 169 Å². The molecule has 0 fully saturated rings. The molecule has 148 valence electrons. The van der Waals surface area contributed by atoms with Crippen molar-refractivity contribution in [3.05, 3.63) is 82.7 Å². The molecule has 1 aliphatic rings. The van der Waals surface area contributed by atoms with E-state index in [9.17, 15) is 15.0 Å². The molecule has 0 atom stereocenters. The number of nitrogens with zero attached hydrogens (tertiary/aromatic N) is 2. The molecule has 0 saturated heterocycles. The molecule has 2 heterocycles. The van der Waals surface area contributed by atoms with Gasteiger partial charge in [-0.2, -0.15) is 0 Å². The van der Waals surface area contributed by atoms with Crippen LogP contribution in [0, 0.1) is 6.92 Å². The van der Waals surface area contributed by atoms with E-state index in [1.165, 1.54) is 6.07 Å². The smallest absolute Gasteiger partial charge is 0.261 e. The van der Waals surface area contributed by atoms with Crippen molar-refractivity contribution in [3.8, 4) is 17.2 Å². The van der Waals surface area contributed by atoms with E-state index in [1.807, 2.05) is 42.5 Å². The Kier molecular flexibility index (Phi) is 5.08. The van der Waals surface area contributed by atoms with Crippen LogP contribution in [-0.4, -0.2) is 32.5 Å². The van der Waals surface area contributed by atoms with Crippen molar-refractivity contribution >= 4 is 5.91 Å². The Bertz CT molecular complexity index is 1050. The minimum atomic E-state index is -0.343. The fourth-order valence-corrected chi connectivity index (χ4v) is 3.53. The van der Waals surface area contributed by atoms with Crippen LogP contribution in [0.2, 0.25) is 0 Å². The number of amides is 1. The lowest BCUT2D eigenvalue weighted by Crippen LogP contribution is -2.36. The van der Waals surface area contributed by atoms with Gasteiger partial charge in [-0.1, -0.05) is 36.4 Å². The van der Waals surface area contributed by atoms with Gasteiger partial charge in [0, 0.05) is 24.4 Å². The summed E-state index contributed by atoms with van der Waals surface area (Å²) < 4.78 is 5.91. The van der Waals surface area contributed by atoms with Crippen molar-refractivity contribution in [1.29, 1.82) is 0 Å². The molecule has 2 aromatic carbocycles. The zero-order chi connectivity index (χ0) is 20.4. The van der Waals surface area contributed by atoms with Crippen LogP contribution < -0.4 is 4.74 Å². The quantitative estimate of drug-likeness (QED) is 0.712. The highest BCUT2D eigenvalue weighted by molar-refractivity contribution is 6.00. The monoisotopic (exact) mass is 390 g/mol. The number of carbonyl (C=O) groups excluding carboxylic acids is 1. The fourth-order valence-electron chi connectivity index (χ4n) is 3.53. The topological polar surface area (TPSA) is 82.9 Å². The number of aromatic nitrogens is 1. The molecular formula is C23H22N2O4. The summed E-state index contributed by atoms with van der Waals surface area (Å²) in [5, 5.41) is 20.6. The van der Waals surface area contributed by atoms with Crippen molar-refractivity contribution in [1.82, 2.24) is 9.88 Å². The van der Waals surface area contributed by atoms with Gasteiger partial charge in [0.25, 0.3) is 5.91 Å². The van der Waals surface area contributed by atoms with Gasteiger partial charge in [0.1, 0.15) is 29.4 Å². The number of hydrogen-bond donors (Lipinski definition) is 2. The summed E-state index contributed by atoms with van der Waals surface area (Å²) in [5.74, 6) is -0.561. The maximum Gasteiger partial charge on any atom is 0.261 e. The molecule has 3 aromatic rings. The Hall–Kier alpha value is -3.54. The minimum Gasteiger partial charge on any atom is -0.507 e. The minimum absolute atomic E-state index is 0.0654. The molecule has 0 radical (unpaired) electrons. The van der Waals surface area contributed by atoms with Gasteiger partial charge in [-0.05, 0) is 30.5 Å². The van der Waals surface area contributed by atoms with Crippen molar-refractivity contribution in [2.75, 3.05) is 6.54 Å². The first-order valence-electron chi connectivity index (χ1n) is 9.49. The fraction of sp³-hybridized carbons (Fsp3) is 0.217. The molecule has 6 heteroatoms. The van der Waals surface area contributed by atoms with Crippen molar-refractivity contribution < 1.29 is 19.7 Å². The number of carbonyl (C=O) groups is 1. The summed E-state index contributed by atoms with van der Waals surface area (Å²) in [5.41, 5.74) is 3.38. The predicted molar refractivity (Wildman–Crippen MR) is 108 cm³/mol. The number of phenols is 2. The van der Waals surface area contributed by atoms with E-state index in [-0.39, 0.29) is 35.3 Å². The van der Waals surface area contributed by atoms with Gasteiger partial charge in [0.05, 0.1) is 12.2 Å². The van der Waals surface area contributed by atoms with Crippen LogP contribution in [0.4, 0.5) is 0 Å². The van der Waals surface area contributed by atoms with E-state index in [2.05, 4.69) is 4.98 Å². The van der Waals surface area contributed by atoms with E-state index in [1.54, 1.807) is 18.0 Å². The standard InChI is InChI=1S/C23H22N2O4/c1-15-19(26)12-20(27)21(22(15)29-14-16-6-3-2-4-7-16)23(28)25-11-9-17-8-5-10-24-18(17)13-25/h2-8,10,12,26-27H,9,11,13-14H2,1H3. The van der Waals surface area contributed by atoms with Crippen LogP contribution in [0.1, 0.15) is 32.7 Å². The number of rotatable bonds is 4. The number of phenolic OH excluding ortho intramolecular Hbond substituents is 2. The number of ether oxygens (including phenoxy) is 1. The number of hydrogen-bond acceptors (Lipinski definition) is 5. The molecule has 0 unspecified atom stereocenters. The molecule has 4 rings (SSSR count). The van der Waals surface area contributed by atoms with Crippen LogP contribution in [0.15, 0.2) is 54.7 Å². The summed E-state index contributed by atoms with van der Waals surface area (Å²) in [4.78, 5) is 19.3. The lowest BCUT2D eigenvalue weighted by Gasteiger charge is -2.29. The first-order chi connectivity index (χ1) is 14.0. The molecule has 0 aliphatic carbocycles. The molecule has 0 spiro atoms. The van der Waals surface area contributed by atoms with Gasteiger partial charge >= 0.3 is 0 Å². The zero-order valence-electron chi connectivity index (χ0n) is 16.1. The number of benzene rings is 2. The van der Waals surface area contributed by atoms with Crippen molar-refractivity contribution in [3.63, 3.8) is 0 Å². The highest BCUT2D eigenvalue weighted by Gasteiger charge is 2.29. The second-order valence-electron chi connectivity index (χ2n) is 7.10. The molecule has 0 saturated carbocycles. The third-order valence-electron chi connectivity index (χ3n) is 5.18. The zero-order valence-corrected chi connectivity index (χ0v) is 16.1. The first kappa shape index (κ1) is 18.8. The number of fused-ring (bicyclic) bond motifs is 1. The lowest BCUT2D eigenvalue weighted by molar-refractivity contribution is 0.0723. The molecule has 1 amide bonds. The number of aromatic hydroxyl groups is 2. The molecular weight excluding hydrogens is 368 g/mol. The van der Waals surface area contributed by atoms with Crippen LogP contribution in [0.3, 0.4) is 0 Å². The first-order valence-corrected chi connectivity index (χ1v) is 9.49. The lowest BCUT2D eigenvalue weighted by atomic mass is 10.0. The average Bonchev–Trinajstić information content (AvgIpc) is 2.75. The van der Waals surface area contributed by atoms with Gasteiger partial charge in [0.15, 0.2) is 0 Å². The molecule has 29 heavy (non-hydrogen) atoms. The molecule has 1 aliphatic heterocycles. The van der Waals surface area contributed by atoms with E-state index in [4.69, 9.17) is 4.74 Å². The van der Waals surface area contributed by atoms with E-state index in [0.29, 0.717) is 25.1 Å². The maximum absolute atomic E-state index is 13.3. The second-order valence-corrected chi connectivity index (χ2v) is 7.10. The maximum atomic E-state index is 13.3. The Morgan fingerprint density at radius 3 is 2.72 bits per heavy atom. The van der Waals surface area contributed by atoms with Crippen molar-refractivity contribution in [2.24, 2.45) is 0 Å². The van der Waals surface area contributed by atoms with E-state index >= 15 is 0 Å². The summed E-state index contributed by atoms with van der Waals surface area (Å²) >= 11 is 0. The molecule has 6 nitrogen and oxygen atoms in total. The molecule has 1 aromatic heterocycles. The van der Waals surface area contributed by atoms with Crippen molar-refractivity contribution in [2.45, 2.75) is 26.5 Å². The Balaban J connectivity index is 1.65. The second kappa shape index (κ2) is 7.83. The predicted octanol–water partition coefficient (Wildman–Crippen LogP) is 3.58. The molecule has 2 N–H and O–H groups in total. The SMILES string of the molecule is Cc1c(O)cc(O)c(C(=O)N2CCc3cccnc3C2)c1OCc1ccccc1. The molecule has 0 bridgehead atoms. The third kappa shape index (κ3) is 3.74. The highest BCUT2D eigenvalue weighted by Crippen LogP contribution is 2.39. The van der Waals surface area contributed by atoms with Gasteiger partial charge in [0.2, 0.25) is 0 Å². The normalized spacial score (nSPS) is 13.1. The van der Waals surface area contributed by atoms with Crippen LogP contribution >= 0.6 is 0 Å². The summed E-state index contributed by atoms with van der Waals surface area (Å²) in [6, 6.07) is 14.6. The van der Waals surface area contributed by atoms with Gasteiger partial charge in [-0.25, -0.2) is 0 Å². The van der Waals surface area contributed by atoms with Crippen LogP contribution in [0.25, 0.3) is 0 Å². The van der Waals surface area contributed by atoms with Crippen LogP contribution in [0.5, 0.6) is 17.2 Å². The van der Waals surface area contributed by atoms with E-state index in [0.717, 1.165) is 16.8 Å². The van der Waals surface area contributed by atoms with Gasteiger partial charge < -0.3 is 19.8 Å². The Morgan fingerprint density at radius 1 is 1.14 bits per heavy atom. The largest absolute Gasteiger partial charge is 0.507 e. The summed E-state index contributed by atoms with van der Waals surface area (Å²) in [6.45, 7) is 2.77. The van der Waals surface area contributed by atoms with E-state index < -0.39 is 0 Å². The van der Waals surface area contributed by atoms with Crippen LogP contribution in [-0.2, 0) is 19.6 Å². The van der Waals surface area contributed by atoms with Gasteiger partial charge in [-0.15, -0.1) is 0 Å². The Morgan fingerprint density at radius 2 is 1.93 bits per heavy atom. The highest BCUT2D eigenvalue weighted by atomic mass is 16.5.